The summed E-state index contributed by atoms with van der Waals surface area (Å²) < 4.78 is 7.67. The van der Waals surface area contributed by atoms with Gasteiger partial charge in [-0.05, 0) is 44.6 Å². The van der Waals surface area contributed by atoms with E-state index < -0.39 is 0 Å². The molecule has 0 saturated heterocycles. The molecule has 0 amide bonds. The van der Waals surface area contributed by atoms with Crippen molar-refractivity contribution in [3.8, 4) is 0 Å². The van der Waals surface area contributed by atoms with Crippen LogP contribution in [0.25, 0.3) is 0 Å². The lowest BCUT2D eigenvalue weighted by molar-refractivity contribution is -0.0293. The zero-order valence-corrected chi connectivity index (χ0v) is 12.0. The molecule has 1 aliphatic rings. The number of aryl methyl sites for hydroxylation is 1. The van der Waals surface area contributed by atoms with E-state index in [1.165, 1.54) is 5.69 Å². The first-order chi connectivity index (χ1) is 9.28. The summed E-state index contributed by atoms with van der Waals surface area (Å²) in [5, 5.41) is 4.37. The van der Waals surface area contributed by atoms with Crippen LogP contribution in [0.2, 0.25) is 0 Å². The molecule has 1 unspecified atom stereocenters. The van der Waals surface area contributed by atoms with Gasteiger partial charge in [0.2, 0.25) is 0 Å². The molecule has 1 aliphatic carbocycles. The maximum absolute atomic E-state index is 5.73. The highest BCUT2D eigenvalue weighted by molar-refractivity contribution is 5.07. The number of ether oxygens (including phenoxy) is 1. The van der Waals surface area contributed by atoms with Gasteiger partial charge in [0, 0.05) is 19.3 Å². The first-order valence-electron chi connectivity index (χ1n) is 7.37. The first kappa shape index (κ1) is 14.5. The van der Waals surface area contributed by atoms with E-state index >= 15 is 0 Å². The monoisotopic (exact) mass is 266 g/mol. The third-order valence-corrected chi connectivity index (χ3v) is 3.91. The molecule has 108 valence electrons. The van der Waals surface area contributed by atoms with Gasteiger partial charge in [0.15, 0.2) is 0 Å². The molecule has 19 heavy (non-hydrogen) atoms. The van der Waals surface area contributed by atoms with Crippen molar-refractivity contribution in [3.05, 3.63) is 18.0 Å². The molecule has 0 spiro atoms. The lowest BCUT2D eigenvalue weighted by atomic mass is 9.78. The molecule has 1 saturated carbocycles. The fourth-order valence-corrected chi connectivity index (χ4v) is 2.88. The predicted molar refractivity (Wildman–Crippen MR) is 75.3 cm³/mol. The highest BCUT2D eigenvalue weighted by atomic mass is 16.5. The number of nitrogens with two attached hydrogens (primary N) is 1. The smallest absolute Gasteiger partial charge is 0.0631 e. The Hall–Kier alpha value is -0.910. The summed E-state index contributed by atoms with van der Waals surface area (Å²) in [4.78, 5) is 0. The van der Waals surface area contributed by atoms with Crippen molar-refractivity contribution in [1.82, 2.24) is 15.2 Å². The molecule has 5 heteroatoms. The Morgan fingerprint density at radius 3 is 2.95 bits per heavy atom. The highest BCUT2D eigenvalue weighted by Gasteiger charge is 2.32. The molecule has 0 radical (unpaired) electrons. The minimum absolute atomic E-state index is 0.196. The van der Waals surface area contributed by atoms with Crippen LogP contribution in [-0.4, -0.2) is 22.5 Å². The van der Waals surface area contributed by atoms with Crippen molar-refractivity contribution >= 4 is 0 Å². The van der Waals surface area contributed by atoms with E-state index in [9.17, 15) is 0 Å². The van der Waals surface area contributed by atoms with Gasteiger partial charge in [0.05, 0.1) is 17.8 Å². The SMILES string of the molecule is CCCn1nccc1C(CC1CC(OCC)C1)NN. The molecule has 0 aromatic carbocycles. The molecule has 1 aromatic rings. The largest absolute Gasteiger partial charge is 0.378 e. The topological polar surface area (TPSA) is 65.1 Å². The van der Waals surface area contributed by atoms with Crippen LogP contribution < -0.4 is 11.3 Å². The minimum atomic E-state index is 0.196. The normalized spacial score (nSPS) is 24.2. The highest BCUT2D eigenvalue weighted by Crippen LogP contribution is 2.36. The van der Waals surface area contributed by atoms with E-state index in [4.69, 9.17) is 10.6 Å². The summed E-state index contributed by atoms with van der Waals surface area (Å²) in [6.07, 6.45) is 6.80. The number of hydrogen-bond donors (Lipinski definition) is 2. The van der Waals surface area contributed by atoms with Gasteiger partial charge < -0.3 is 4.74 Å². The average molecular weight is 266 g/mol. The maximum atomic E-state index is 5.73. The molecule has 5 nitrogen and oxygen atoms in total. The van der Waals surface area contributed by atoms with Crippen LogP contribution >= 0.6 is 0 Å². The lowest BCUT2D eigenvalue weighted by Gasteiger charge is -2.37. The fraction of sp³-hybridized carbons (Fsp3) is 0.786. The number of hydrazine groups is 1. The Morgan fingerprint density at radius 1 is 1.53 bits per heavy atom. The van der Waals surface area contributed by atoms with Gasteiger partial charge in [0.25, 0.3) is 0 Å². The second kappa shape index (κ2) is 7.03. The number of rotatable bonds is 8. The van der Waals surface area contributed by atoms with Crippen LogP contribution in [0.5, 0.6) is 0 Å². The van der Waals surface area contributed by atoms with E-state index in [2.05, 4.69) is 35.1 Å². The molecular weight excluding hydrogens is 240 g/mol. The van der Waals surface area contributed by atoms with Crippen LogP contribution in [0.1, 0.15) is 51.3 Å². The summed E-state index contributed by atoms with van der Waals surface area (Å²) in [5.74, 6) is 6.44. The van der Waals surface area contributed by atoms with Gasteiger partial charge in [0.1, 0.15) is 0 Å². The molecule has 1 heterocycles. The van der Waals surface area contributed by atoms with Crippen molar-refractivity contribution in [2.75, 3.05) is 6.61 Å². The Labute approximate surface area is 115 Å². The lowest BCUT2D eigenvalue weighted by Crippen LogP contribution is -2.37. The van der Waals surface area contributed by atoms with E-state index in [-0.39, 0.29) is 6.04 Å². The Kier molecular flexibility index (Phi) is 5.36. The molecule has 1 atom stereocenters. The van der Waals surface area contributed by atoms with Crippen LogP contribution in [0, 0.1) is 5.92 Å². The maximum Gasteiger partial charge on any atom is 0.0631 e. The second-order valence-electron chi connectivity index (χ2n) is 5.35. The molecule has 1 aromatic heterocycles. The first-order valence-corrected chi connectivity index (χ1v) is 7.37. The summed E-state index contributed by atoms with van der Waals surface area (Å²) >= 11 is 0. The van der Waals surface area contributed by atoms with E-state index in [1.807, 2.05) is 6.20 Å². The van der Waals surface area contributed by atoms with Crippen molar-refractivity contribution < 1.29 is 4.74 Å². The van der Waals surface area contributed by atoms with Gasteiger partial charge >= 0.3 is 0 Å². The third kappa shape index (κ3) is 3.55. The predicted octanol–water partition coefficient (Wildman–Crippen LogP) is 2.00. The quantitative estimate of drug-likeness (QED) is 0.558. The molecular formula is C14H26N4O. The second-order valence-corrected chi connectivity index (χ2v) is 5.35. The number of nitrogens with zero attached hydrogens (tertiary/aromatic N) is 2. The van der Waals surface area contributed by atoms with Crippen LogP contribution in [0.3, 0.4) is 0 Å². The Morgan fingerprint density at radius 2 is 2.32 bits per heavy atom. The number of aromatic nitrogens is 2. The zero-order chi connectivity index (χ0) is 13.7. The fourth-order valence-electron chi connectivity index (χ4n) is 2.88. The molecule has 0 bridgehead atoms. The standard InChI is InChI=1S/C14H26N4O/c1-3-7-18-14(5-6-16-18)13(17-15)10-11-8-12(9-11)19-4-2/h5-6,11-13,17H,3-4,7-10,15H2,1-2H3. The Bertz CT molecular complexity index is 373. The Balaban J connectivity index is 1.88. The van der Waals surface area contributed by atoms with Crippen molar-refractivity contribution in [2.45, 2.75) is 58.2 Å². The van der Waals surface area contributed by atoms with Crippen LogP contribution in [0.4, 0.5) is 0 Å². The number of hydrogen-bond acceptors (Lipinski definition) is 4. The van der Waals surface area contributed by atoms with Crippen molar-refractivity contribution in [3.63, 3.8) is 0 Å². The van der Waals surface area contributed by atoms with Crippen molar-refractivity contribution in [1.29, 1.82) is 0 Å². The zero-order valence-electron chi connectivity index (χ0n) is 12.0. The van der Waals surface area contributed by atoms with Crippen LogP contribution in [0.15, 0.2) is 12.3 Å². The third-order valence-electron chi connectivity index (χ3n) is 3.91. The van der Waals surface area contributed by atoms with Gasteiger partial charge in [-0.15, -0.1) is 0 Å². The van der Waals surface area contributed by atoms with E-state index in [0.29, 0.717) is 12.0 Å². The summed E-state index contributed by atoms with van der Waals surface area (Å²) in [7, 11) is 0. The average Bonchev–Trinajstić information content (AvgIpc) is 2.81. The van der Waals surface area contributed by atoms with Crippen molar-refractivity contribution in [2.24, 2.45) is 11.8 Å². The minimum Gasteiger partial charge on any atom is -0.378 e. The van der Waals surface area contributed by atoms with Gasteiger partial charge in [-0.3, -0.25) is 16.0 Å². The number of nitrogens with one attached hydrogen (secondary N) is 1. The summed E-state index contributed by atoms with van der Waals surface area (Å²) in [5.41, 5.74) is 4.15. The van der Waals surface area contributed by atoms with E-state index in [1.54, 1.807) is 0 Å². The van der Waals surface area contributed by atoms with E-state index in [0.717, 1.165) is 38.8 Å². The molecule has 3 N–H and O–H groups in total. The van der Waals surface area contributed by atoms with Gasteiger partial charge in [-0.25, -0.2) is 0 Å². The van der Waals surface area contributed by atoms with Gasteiger partial charge in [-0.2, -0.15) is 5.10 Å². The van der Waals surface area contributed by atoms with Gasteiger partial charge in [-0.1, -0.05) is 6.92 Å². The molecule has 0 aliphatic heterocycles. The summed E-state index contributed by atoms with van der Waals surface area (Å²) in [6, 6.07) is 2.26. The molecule has 2 rings (SSSR count). The molecule has 1 fully saturated rings. The summed E-state index contributed by atoms with van der Waals surface area (Å²) in [6.45, 7) is 5.99. The van der Waals surface area contributed by atoms with Crippen LogP contribution in [-0.2, 0) is 11.3 Å².